The van der Waals surface area contributed by atoms with E-state index in [1.54, 1.807) is 0 Å². The van der Waals surface area contributed by atoms with Crippen molar-refractivity contribution in [2.45, 2.75) is 6.04 Å². The minimum atomic E-state index is -0.563. The number of carbonyl (C=O) groups is 1. The Balaban J connectivity index is 2.02. The maximum Gasteiger partial charge on any atom is 0.258 e. The van der Waals surface area contributed by atoms with E-state index in [9.17, 15) is 4.79 Å². The summed E-state index contributed by atoms with van der Waals surface area (Å²) in [7, 11) is 0. The number of benzene rings is 1. The van der Waals surface area contributed by atoms with Crippen molar-refractivity contribution in [3.05, 3.63) is 35.9 Å². The first-order valence-corrected chi connectivity index (χ1v) is 4.89. The van der Waals surface area contributed by atoms with Gasteiger partial charge in [-0.2, -0.15) is 0 Å². The zero-order valence-electron chi connectivity index (χ0n) is 8.29. The number of amides is 1. The Hall–Kier alpha value is -2.30. The molecule has 5 heteroatoms. The molecule has 16 heavy (non-hydrogen) atoms. The van der Waals surface area contributed by atoms with Crippen LogP contribution in [0.25, 0.3) is 0 Å². The van der Waals surface area contributed by atoms with Crippen LogP contribution in [0.3, 0.4) is 0 Å². The molecule has 0 aliphatic carbocycles. The summed E-state index contributed by atoms with van der Waals surface area (Å²) in [6, 6.07) is 8.90. The van der Waals surface area contributed by atoms with Gasteiger partial charge < -0.3 is 5.32 Å². The van der Waals surface area contributed by atoms with Gasteiger partial charge in [0.15, 0.2) is 11.9 Å². The Morgan fingerprint density at radius 3 is 2.81 bits per heavy atom. The van der Waals surface area contributed by atoms with E-state index < -0.39 is 6.04 Å². The number of aliphatic imine (C=N–C) groups is 3. The molecule has 0 aromatic heterocycles. The zero-order chi connectivity index (χ0) is 11.0. The van der Waals surface area contributed by atoms with Crippen molar-refractivity contribution in [3.8, 4) is 0 Å². The second kappa shape index (κ2) is 3.37. The third kappa shape index (κ3) is 1.33. The fourth-order valence-corrected chi connectivity index (χ4v) is 1.63. The van der Waals surface area contributed by atoms with E-state index in [1.807, 2.05) is 30.3 Å². The van der Waals surface area contributed by atoms with Gasteiger partial charge in [0.2, 0.25) is 0 Å². The van der Waals surface area contributed by atoms with E-state index in [4.69, 9.17) is 0 Å². The Morgan fingerprint density at radius 2 is 2.00 bits per heavy atom. The van der Waals surface area contributed by atoms with Gasteiger partial charge in [-0.05, 0) is 0 Å². The molecule has 0 fully saturated rings. The highest BCUT2D eigenvalue weighted by atomic mass is 16.2. The Kier molecular flexibility index (Phi) is 1.89. The van der Waals surface area contributed by atoms with Crippen LogP contribution >= 0.6 is 0 Å². The third-order valence-corrected chi connectivity index (χ3v) is 2.41. The van der Waals surface area contributed by atoms with E-state index in [1.165, 1.54) is 6.34 Å². The fourth-order valence-electron chi connectivity index (χ4n) is 1.63. The van der Waals surface area contributed by atoms with Crippen LogP contribution in [0.4, 0.5) is 0 Å². The van der Waals surface area contributed by atoms with Gasteiger partial charge in [0.1, 0.15) is 12.2 Å². The monoisotopic (exact) mass is 212 g/mol. The number of nitrogens with one attached hydrogen (secondary N) is 1. The minimum Gasteiger partial charge on any atom is -0.308 e. The molecular formula is C11H8N4O. The molecule has 3 rings (SSSR count). The largest absolute Gasteiger partial charge is 0.308 e. The molecule has 2 heterocycles. The van der Waals surface area contributed by atoms with Crippen molar-refractivity contribution < 1.29 is 4.79 Å². The minimum absolute atomic E-state index is 0.179. The van der Waals surface area contributed by atoms with Crippen molar-refractivity contribution in [2.24, 2.45) is 15.0 Å². The summed E-state index contributed by atoms with van der Waals surface area (Å²) < 4.78 is 0. The number of hydrogen-bond donors (Lipinski definition) is 1. The molecule has 1 atom stereocenters. The van der Waals surface area contributed by atoms with E-state index in [-0.39, 0.29) is 5.91 Å². The predicted octanol–water partition coefficient (Wildman–Crippen LogP) is 0.372. The van der Waals surface area contributed by atoms with Gasteiger partial charge >= 0.3 is 0 Å². The summed E-state index contributed by atoms with van der Waals surface area (Å²) in [5.41, 5.74) is 0.865. The van der Waals surface area contributed by atoms with Gasteiger partial charge in [0.05, 0.1) is 0 Å². The molecule has 2 aliphatic heterocycles. The van der Waals surface area contributed by atoms with Gasteiger partial charge in [0, 0.05) is 5.56 Å². The van der Waals surface area contributed by atoms with E-state index in [0.29, 0.717) is 11.7 Å². The molecule has 0 saturated heterocycles. The molecule has 1 unspecified atom stereocenters. The lowest BCUT2D eigenvalue weighted by molar-refractivity contribution is -0.119. The van der Waals surface area contributed by atoms with Crippen molar-refractivity contribution in [1.82, 2.24) is 5.32 Å². The maximum absolute atomic E-state index is 11.7. The van der Waals surface area contributed by atoms with Gasteiger partial charge in [0.25, 0.3) is 5.91 Å². The average Bonchev–Trinajstić information content (AvgIpc) is 2.79. The van der Waals surface area contributed by atoms with E-state index in [2.05, 4.69) is 20.3 Å². The molecule has 2 aliphatic rings. The molecule has 0 radical (unpaired) electrons. The molecule has 0 spiro atoms. The zero-order valence-corrected chi connectivity index (χ0v) is 8.29. The first-order chi connectivity index (χ1) is 7.84. The van der Waals surface area contributed by atoms with Crippen LogP contribution < -0.4 is 5.32 Å². The molecular weight excluding hydrogens is 204 g/mol. The molecule has 1 amide bonds. The Morgan fingerprint density at radius 1 is 1.19 bits per heavy atom. The van der Waals surface area contributed by atoms with Crippen LogP contribution in [0.1, 0.15) is 5.56 Å². The standard InChI is InChI=1S/C11H8N4O/c16-11-8-10(13-6-12-8)14-9(15-11)7-4-2-1-3-5-7/h1-6,8H,(H,12,13,14,15,16). The first kappa shape index (κ1) is 8.96. The van der Waals surface area contributed by atoms with Crippen LogP contribution in [0.2, 0.25) is 0 Å². The van der Waals surface area contributed by atoms with Crippen molar-refractivity contribution in [2.75, 3.05) is 0 Å². The summed E-state index contributed by atoms with van der Waals surface area (Å²) in [5.74, 6) is 0.815. The number of nitrogens with zero attached hydrogens (tertiary/aromatic N) is 3. The summed E-state index contributed by atoms with van der Waals surface area (Å²) in [6.45, 7) is 0. The number of carbonyl (C=O) groups excluding carboxylic acids is 1. The van der Waals surface area contributed by atoms with Crippen molar-refractivity contribution >= 4 is 23.9 Å². The molecule has 1 aromatic carbocycles. The van der Waals surface area contributed by atoms with E-state index in [0.717, 1.165) is 5.56 Å². The summed E-state index contributed by atoms with van der Waals surface area (Å²) in [4.78, 5) is 23.8. The number of hydrogen-bond acceptors (Lipinski definition) is 4. The Labute approximate surface area is 91.6 Å². The first-order valence-electron chi connectivity index (χ1n) is 4.89. The van der Waals surface area contributed by atoms with Crippen LogP contribution in [0.15, 0.2) is 45.3 Å². The van der Waals surface area contributed by atoms with Crippen LogP contribution in [-0.4, -0.2) is 30.0 Å². The SMILES string of the molecule is O=C1NC(c2ccccc2)=NC2=NC=NC12. The predicted molar refractivity (Wildman–Crippen MR) is 60.8 cm³/mol. The molecule has 5 nitrogen and oxygen atoms in total. The van der Waals surface area contributed by atoms with Crippen molar-refractivity contribution in [3.63, 3.8) is 0 Å². The van der Waals surface area contributed by atoms with Crippen LogP contribution in [0, 0.1) is 0 Å². The lowest BCUT2D eigenvalue weighted by Crippen LogP contribution is -2.45. The number of fused-ring (bicyclic) bond motifs is 1. The molecule has 1 N–H and O–H groups in total. The van der Waals surface area contributed by atoms with Crippen LogP contribution in [0.5, 0.6) is 0 Å². The highest BCUT2D eigenvalue weighted by Gasteiger charge is 2.31. The molecule has 1 aromatic rings. The highest BCUT2D eigenvalue weighted by Crippen LogP contribution is 2.11. The van der Waals surface area contributed by atoms with Gasteiger partial charge in [-0.3, -0.25) is 9.79 Å². The lowest BCUT2D eigenvalue weighted by Gasteiger charge is -2.17. The second-order valence-corrected chi connectivity index (χ2v) is 3.47. The third-order valence-electron chi connectivity index (χ3n) is 2.41. The van der Waals surface area contributed by atoms with Gasteiger partial charge in [-0.15, -0.1) is 0 Å². The maximum atomic E-state index is 11.7. The van der Waals surface area contributed by atoms with Crippen LogP contribution in [-0.2, 0) is 4.79 Å². The molecule has 0 bridgehead atoms. The quantitative estimate of drug-likeness (QED) is 0.718. The normalized spacial score (nSPS) is 22.2. The smallest absolute Gasteiger partial charge is 0.258 e. The topological polar surface area (TPSA) is 66.2 Å². The van der Waals surface area contributed by atoms with Gasteiger partial charge in [-0.1, -0.05) is 30.3 Å². The summed E-state index contributed by atoms with van der Waals surface area (Å²) >= 11 is 0. The molecule has 0 saturated carbocycles. The number of amidine groups is 2. The van der Waals surface area contributed by atoms with Crippen molar-refractivity contribution in [1.29, 1.82) is 0 Å². The highest BCUT2D eigenvalue weighted by molar-refractivity contribution is 6.26. The summed E-state index contributed by atoms with van der Waals surface area (Å²) in [6.07, 6.45) is 1.37. The lowest BCUT2D eigenvalue weighted by atomic mass is 10.1. The van der Waals surface area contributed by atoms with Gasteiger partial charge in [-0.25, -0.2) is 9.98 Å². The average molecular weight is 212 g/mol. The fraction of sp³-hybridized carbons (Fsp3) is 0.0909. The second-order valence-electron chi connectivity index (χ2n) is 3.47. The summed E-state index contributed by atoms with van der Waals surface area (Å²) in [5, 5.41) is 2.72. The Bertz CT molecular complexity index is 530. The molecule has 78 valence electrons. The number of rotatable bonds is 1. The van der Waals surface area contributed by atoms with E-state index >= 15 is 0 Å².